The molecule has 0 unspecified atom stereocenters. The monoisotopic (exact) mass is 249 g/mol. The molecule has 0 N–H and O–H groups in total. The molecule has 0 saturated heterocycles. The average molecular weight is 249 g/mol. The van der Waals surface area contributed by atoms with Gasteiger partial charge in [-0.15, -0.1) is 0 Å². The van der Waals surface area contributed by atoms with Crippen molar-refractivity contribution in [2.45, 2.75) is 12.8 Å². The van der Waals surface area contributed by atoms with E-state index < -0.39 is 0 Å². The van der Waals surface area contributed by atoms with E-state index in [0.717, 1.165) is 41.3 Å². The minimum absolute atomic E-state index is 0.439. The number of hydrogen-bond acceptors (Lipinski definition) is 3. The zero-order valence-corrected chi connectivity index (χ0v) is 10.2. The van der Waals surface area contributed by atoms with Crippen LogP contribution >= 0.6 is 0 Å². The molecule has 92 valence electrons. The van der Waals surface area contributed by atoms with Crippen molar-refractivity contribution in [1.29, 1.82) is 5.26 Å². The highest BCUT2D eigenvalue weighted by molar-refractivity contribution is 5.87. The highest BCUT2D eigenvalue weighted by Gasteiger charge is 2.10. The molecule has 0 aliphatic heterocycles. The van der Waals surface area contributed by atoms with E-state index in [0.29, 0.717) is 5.69 Å². The molecule has 2 aromatic heterocycles. The molecule has 3 rings (SSSR count). The van der Waals surface area contributed by atoms with Gasteiger partial charge in [0, 0.05) is 22.9 Å². The largest absolute Gasteiger partial charge is 0.319 e. The van der Waals surface area contributed by atoms with Crippen LogP contribution < -0.4 is 0 Å². The maximum atomic E-state index is 10.7. The van der Waals surface area contributed by atoms with Crippen LogP contribution in [0, 0.1) is 11.3 Å². The Labute approximate surface area is 110 Å². The number of nitriles is 1. The van der Waals surface area contributed by atoms with Gasteiger partial charge < -0.3 is 4.57 Å². The molecule has 0 amide bonds. The molecule has 0 radical (unpaired) electrons. The van der Waals surface area contributed by atoms with Crippen LogP contribution in [0.4, 0.5) is 0 Å². The van der Waals surface area contributed by atoms with Gasteiger partial charge in [0.15, 0.2) is 6.29 Å². The maximum Gasteiger partial charge on any atom is 0.168 e. The lowest BCUT2D eigenvalue weighted by molar-refractivity contribution is 0.111. The Morgan fingerprint density at radius 3 is 2.95 bits per heavy atom. The van der Waals surface area contributed by atoms with Crippen LogP contribution in [0.5, 0.6) is 0 Å². The van der Waals surface area contributed by atoms with Gasteiger partial charge in [-0.1, -0.05) is 0 Å². The number of allylic oxidation sites excluding steroid dienone is 4. The first kappa shape index (κ1) is 11.4. The Morgan fingerprint density at radius 2 is 2.26 bits per heavy atom. The zero-order valence-electron chi connectivity index (χ0n) is 10.2. The Hall–Kier alpha value is -2.67. The molecule has 0 aromatic carbocycles. The Bertz CT molecular complexity index is 759. The molecule has 19 heavy (non-hydrogen) atoms. The van der Waals surface area contributed by atoms with Crippen molar-refractivity contribution in [3.63, 3.8) is 0 Å². The van der Waals surface area contributed by atoms with Crippen LogP contribution in [0.1, 0.15) is 23.3 Å². The Balaban J connectivity index is 2.08. The Kier molecular flexibility index (Phi) is 2.73. The van der Waals surface area contributed by atoms with Gasteiger partial charge in [-0.05, 0) is 37.1 Å². The summed E-state index contributed by atoms with van der Waals surface area (Å²) in [6.07, 6.45) is 9.85. The maximum absolute atomic E-state index is 10.7. The highest BCUT2D eigenvalue weighted by atomic mass is 16.1. The number of fused-ring (bicyclic) bond motifs is 1. The van der Waals surface area contributed by atoms with E-state index in [-0.39, 0.29) is 0 Å². The molecular weight excluding hydrogens is 238 g/mol. The van der Waals surface area contributed by atoms with Crippen LogP contribution in [-0.2, 0) is 0 Å². The normalized spacial score (nSPS) is 14.7. The SMILES string of the molecule is N#CC1=CC=C(n2ccc3cc(C=O)ncc32)CC1. The first-order valence-corrected chi connectivity index (χ1v) is 6.04. The number of nitrogens with zero attached hydrogens (tertiary/aromatic N) is 3. The molecule has 0 fully saturated rings. The second-order valence-corrected chi connectivity index (χ2v) is 4.43. The summed E-state index contributed by atoms with van der Waals surface area (Å²) in [6, 6.07) is 5.92. The number of aromatic nitrogens is 2. The second kappa shape index (κ2) is 4.54. The molecule has 2 heterocycles. The molecule has 4 heteroatoms. The summed E-state index contributed by atoms with van der Waals surface area (Å²) in [5.74, 6) is 0. The number of aldehydes is 1. The van der Waals surface area contributed by atoms with E-state index in [1.54, 1.807) is 12.3 Å². The van der Waals surface area contributed by atoms with Crippen LogP contribution in [0.2, 0.25) is 0 Å². The van der Waals surface area contributed by atoms with E-state index in [1.807, 2.05) is 24.4 Å². The van der Waals surface area contributed by atoms with Crippen LogP contribution in [0.25, 0.3) is 16.6 Å². The summed E-state index contributed by atoms with van der Waals surface area (Å²) in [5.41, 5.74) is 3.36. The van der Waals surface area contributed by atoms with Crippen molar-refractivity contribution in [3.8, 4) is 6.07 Å². The summed E-state index contributed by atoms with van der Waals surface area (Å²) >= 11 is 0. The third kappa shape index (κ3) is 1.95. The standard InChI is InChI=1S/C15H11N3O/c16-8-11-1-3-14(4-2-11)18-6-5-12-7-13(10-19)17-9-15(12)18/h1,3,5-7,9-10H,2,4H2. The summed E-state index contributed by atoms with van der Waals surface area (Å²) < 4.78 is 2.06. The topological polar surface area (TPSA) is 58.7 Å². The lowest BCUT2D eigenvalue weighted by Gasteiger charge is -2.13. The zero-order chi connectivity index (χ0) is 13.2. The molecule has 0 bridgehead atoms. The van der Waals surface area contributed by atoms with Gasteiger partial charge in [-0.3, -0.25) is 9.78 Å². The van der Waals surface area contributed by atoms with Gasteiger partial charge in [-0.25, -0.2) is 0 Å². The summed E-state index contributed by atoms with van der Waals surface area (Å²) in [7, 11) is 0. The first-order chi connectivity index (χ1) is 9.31. The lowest BCUT2D eigenvalue weighted by atomic mass is 10.0. The van der Waals surface area contributed by atoms with Gasteiger partial charge in [0.25, 0.3) is 0 Å². The molecule has 0 saturated carbocycles. The van der Waals surface area contributed by atoms with Crippen molar-refractivity contribution in [2.24, 2.45) is 0 Å². The van der Waals surface area contributed by atoms with Crippen molar-refractivity contribution in [3.05, 3.63) is 47.9 Å². The molecular formula is C15H11N3O. The fraction of sp³-hybridized carbons (Fsp3) is 0.133. The van der Waals surface area contributed by atoms with Gasteiger partial charge in [0.2, 0.25) is 0 Å². The molecule has 2 aromatic rings. The number of pyridine rings is 1. The van der Waals surface area contributed by atoms with Crippen LogP contribution in [-0.4, -0.2) is 15.8 Å². The lowest BCUT2D eigenvalue weighted by Crippen LogP contribution is -2.00. The number of carbonyl (C=O) groups excluding carboxylic acids is 1. The van der Waals surface area contributed by atoms with Gasteiger partial charge in [-0.2, -0.15) is 5.26 Å². The molecule has 0 atom stereocenters. The molecule has 1 aliphatic carbocycles. The van der Waals surface area contributed by atoms with Crippen LogP contribution in [0.3, 0.4) is 0 Å². The quantitative estimate of drug-likeness (QED) is 0.769. The second-order valence-electron chi connectivity index (χ2n) is 4.43. The molecule has 0 spiro atoms. The predicted octanol–water partition coefficient (Wildman–Crippen LogP) is 2.93. The van der Waals surface area contributed by atoms with Gasteiger partial charge >= 0.3 is 0 Å². The fourth-order valence-electron chi connectivity index (χ4n) is 2.29. The van der Waals surface area contributed by atoms with Crippen LogP contribution in [0.15, 0.2) is 42.3 Å². The number of hydrogen-bond donors (Lipinski definition) is 0. The van der Waals surface area contributed by atoms with E-state index >= 15 is 0 Å². The fourth-order valence-corrected chi connectivity index (χ4v) is 2.29. The van der Waals surface area contributed by atoms with Gasteiger partial charge in [0.1, 0.15) is 5.69 Å². The minimum atomic E-state index is 0.439. The number of rotatable bonds is 2. The first-order valence-electron chi connectivity index (χ1n) is 6.04. The van der Waals surface area contributed by atoms with E-state index in [2.05, 4.69) is 15.6 Å². The number of carbonyl (C=O) groups is 1. The van der Waals surface area contributed by atoms with Crippen molar-refractivity contribution < 1.29 is 4.79 Å². The highest BCUT2D eigenvalue weighted by Crippen LogP contribution is 2.26. The smallest absolute Gasteiger partial charge is 0.168 e. The third-order valence-corrected chi connectivity index (χ3v) is 3.30. The van der Waals surface area contributed by atoms with Crippen molar-refractivity contribution in [2.75, 3.05) is 0 Å². The van der Waals surface area contributed by atoms with E-state index in [9.17, 15) is 4.79 Å². The predicted molar refractivity (Wildman–Crippen MR) is 72.3 cm³/mol. The van der Waals surface area contributed by atoms with Gasteiger partial charge in [0.05, 0.1) is 17.8 Å². The van der Waals surface area contributed by atoms with Crippen molar-refractivity contribution in [1.82, 2.24) is 9.55 Å². The summed E-state index contributed by atoms with van der Waals surface area (Å²) in [4.78, 5) is 14.8. The molecule has 1 aliphatic rings. The summed E-state index contributed by atoms with van der Waals surface area (Å²) in [5, 5.41) is 9.83. The minimum Gasteiger partial charge on any atom is -0.319 e. The van der Waals surface area contributed by atoms with E-state index in [1.165, 1.54) is 0 Å². The van der Waals surface area contributed by atoms with E-state index in [4.69, 9.17) is 5.26 Å². The Morgan fingerprint density at radius 1 is 1.37 bits per heavy atom. The third-order valence-electron chi connectivity index (χ3n) is 3.30. The molecule has 4 nitrogen and oxygen atoms in total. The summed E-state index contributed by atoms with van der Waals surface area (Å²) in [6.45, 7) is 0. The van der Waals surface area contributed by atoms with Crippen molar-refractivity contribution >= 4 is 22.9 Å². The average Bonchev–Trinajstić information content (AvgIpc) is 2.90.